The van der Waals surface area contributed by atoms with Crippen molar-refractivity contribution < 1.29 is 33.1 Å². The predicted molar refractivity (Wildman–Crippen MR) is 83.3 cm³/mol. The van der Waals surface area contributed by atoms with E-state index in [4.69, 9.17) is 27.0 Å². The molecule has 2 rings (SSSR count). The predicted octanol–water partition coefficient (Wildman–Crippen LogP) is 1.53. The van der Waals surface area contributed by atoms with Crippen molar-refractivity contribution in [3.63, 3.8) is 0 Å². The molecule has 1 aliphatic heterocycles. The Morgan fingerprint density at radius 3 is 2.36 bits per heavy atom. The molecule has 1 aliphatic rings. The Bertz CT molecular complexity index is 745. The van der Waals surface area contributed by atoms with Gasteiger partial charge >= 0.3 is 5.97 Å². The summed E-state index contributed by atoms with van der Waals surface area (Å²) in [6.45, 7) is 2.93. The number of halogens is 2. The summed E-state index contributed by atoms with van der Waals surface area (Å²) in [6.07, 6.45) is 0.376. The highest BCUT2D eigenvalue weighted by Crippen LogP contribution is 2.28. The summed E-state index contributed by atoms with van der Waals surface area (Å²) in [6, 6.07) is 4.95. The van der Waals surface area contributed by atoms with Gasteiger partial charge < -0.3 is 9.47 Å². The zero-order valence-corrected chi connectivity index (χ0v) is 14.1. The van der Waals surface area contributed by atoms with Crippen LogP contribution in [0.5, 0.6) is 0 Å². The zero-order valence-electron chi connectivity index (χ0n) is 13.4. The van der Waals surface area contributed by atoms with Crippen LogP contribution < -0.4 is 5.90 Å². The summed E-state index contributed by atoms with van der Waals surface area (Å²) in [5, 5.41) is -1.20. The number of hydrogen-bond donors (Lipinski definition) is 1. The van der Waals surface area contributed by atoms with Gasteiger partial charge in [-0.25, -0.2) is 15.1 Å². The molecular weight excluding hydrogens is 357 g/mol. The van der Waals surface area contributed by atoms with E-state index in [0.717, 1.165) is 18.2 Å². The number of ether oxygens (including phenoxy) is 2. The molecule has 1 aromatic carbocycles. The quantitative estimate of drug-likeness (QED) is 0.266. The van der Waals surface area contributed by atoms with Gasteiger partial charge in [0, 0.05) is 26.3 Å². The first-order valence-electron chi connectivity index (χ1n) is 7.10. The highest BCUT2D eigenvalue weighted by atomic mass is 35.5. The molecule has 1 heterocycles. The molecule has 1 fully saturated rings. The lowest BCUT2D eigenvalue weighted by atomic mass is 9.90. The van der Waals surface area contributed by atoms with Crippen molar-refractivity contribution in [1.29, 1.82) is 0 Å². The number of esters is 1. The van der Waals surface area contributed by atoms with Crippen molar-refractivity contribution in [1.82, 2.24) is 0 Å². The Labute approximate surface area is 147 Å². The number of nitrogens with two attached hydrogens (primary N) is 1. The second-order valence-electron chi connectivity index (χ2n) is 5.79. The van der Waals surface area contributed by atoms with Gasteiger partial charge in [0.05, 0.1) is 0 Å². The average Bonchev–Trinajstić information content (AvgIpc) is 2.78. The van der Waals surface area contributed by atoms with E-state index in [1.54, 1.807) is 0 Å². The minimum absolute atomic E-state index is 0.364. The first kappa shape index (κ1) is 19.0. The lowest BCUT2D eigenvalue weighted by molar-refractivity contribution is -0.159. The van der Waals surface area contributed by atoms with Gasteiger partial charge in [0.2, 0.25) is 22.9 Å². The summed E-state index contributed by atoms with van der Waals surface area (Å²) < 4.78 is 23.1. The van der Waals surface area contributed by atoms with Crippen LogP contribution in [0.1, 0.15) is 19.4 Å². The van der Waals surface area contributed by atoms with E-state index in [0.29, 0.717) is 5.56 Å². The molecule has 2 N–H and O–H groups in total. The van der Waals surface area contributed by atoms with Gasteiger partial charge in [0.15, 0.2) is 0 Å². The number of benzene rings is 1. The van der Waals surface area contributed by atoms with Gasteiger partial charge in [-0.05, 0) is 29.3 Å². The molecule has 7 nitrogen and oxygen atoms in total. The molecule has 0 amide bonds. The molecule has 0 spiro atoms. The van der Waals surface area contributed by atoms with Crippen LogP contribution in [0, 0.1) is 5.82 Å². The van der Waals surface area contributed by atoms with Crippen LogP contribution in [0.4, 0.5) is 4.39 Å². The van der Waals surface area contributed by atoms with Crippen LogP contribution in [-0.2, 0) is 35.1 Å². The molecule has 9 heteroatoms. The van der Waals surface area contributed by atoms with E-state index in [9.17, 15) is 18.8 Å². The fraction of sp³-hybridized carbons (Fsp3) is 0.312. The maximum atomic E-state index is 13.0. The molecule has 0 aromatic heterocycles. The van der Waals surface area contributed by atoms with Gasteiger partial charge in [-0.2, -0.15) is 0 Å². The molecule has 0 bridgehead atoms. The van der Waals surface area contributed by atoms with E-state index < -0.39 is 40.0 Å². The van der Waals surface area contributed by atoms with Gasteiger partial charge in [-0.3, -0.25) is 14.4 Å². The van der Waals surface area contributed by atoms with Crippen molar-refractivity contribution >= 4 is 28.6 Å². The smallest absolute Gasteiger partial charge is 0.377 e. The van der Waals surface area contributed by atoms with Crippen LogP contribution in [-0.4, -0.2) is 28.4 Å². The van der Waals surface area contributed by atoms with Gasteiger partial charge in [-0.15, -0.1) is 0 Å². The van der Waals surface area contributed by atoms with Crippen LogP contribution in [0.3, 0.4) is 0 Å². The molecule has 0 radical (unpaired) electrons. The van der Waals surface area contributed by atoms with Crippen LogP contribution in [0.2, 0.25) is 0 Å². The highest BCUT2D eigenvalue weighted by Gasteiger charge is 2.47. The van der Waals surface area contributed by atoms with Gasteiger partial charge in [0.25, 0.3) is 5.24 Å². The summed E-state index contributed by atoms with van der Waals surface area (Å²) in [5.74, 6) is 1.11. The largest absolute Gasteiger partial charge is 0.445 e. The third kappa shape index (κ3) is 4.04. The maximum absolute atomic E-state index is 13.0. The van der Waals surface area contributed by atoms with Crippen LogP contribution in [0.15, 0.2) is 36.1 Å². The highest BCUT2D eigenvalue weighted by molar-refractivity contribution is 6.67. The third-order valence-corrected chi connectivity index (χ3v) is 3.75. The van der Waals surface area contributed by atoms with Crippen molar-refractivity contribution in [3.05, 3.63) is 47.5 Å². The summed E-state index contributed by atoms with van der Waals surface area (Å²) in [5.41, 5.74) is -1.94. The first-order valence-corrected chi connectivity index (χ1v) is 7.48. The maximum Gasteiger partial charge on any atom is 0.377 e. The van der Waals surface area contributed by atoms with Crippen LogP contribution in [0.25, 0.3) is 0 Å². The lowest BCUT2D eigenvalue weighted by Gasteiger charge is -2.24. The van der Waals surface area contributed by atoms with Crippen molar-refractivity contribution in [3.8, 4) is 0 Å². The van der Waals surface area contributed by atoms with Crippen molar-refractivity contribution in [2.75, 3.05) is 0 Å². The Morgan fingerprint density at radius 2 is 1.92 bits per heavy atom. The average molecular weight is 372 g/mol. The minimum atomic E-state index is -2.30. The first-order chi connectivity index (χ1) is 11.6. The topological polar surface area (TPSA) is 105 Å². The second kappa shape index (κ2) is 6.91. The van der Waals surface area contributed by atoms with Gasteiger partial charge in [0.1, 0.15) is 5.82 Å². The Hall–Kier alpha value is -2.29. The Kier molecular flexibility index (Phi) is 5.26. The summed E-state index contributed by atoms with van der Waals surface area (Å²) in [7, 11) is 0. The number of cyclic esters (lactones) is 1. The molecule has 1 saturated heterocycles. The fourth-order valence-electron chi connectivity index (χ4n) is 2.21. The number of hydrogen-bond acceptors (Lipinski definition) is 7. The molecule has 0 saturated carbocycles. The van der Waals surface area contributed by atoms with E-state index in [1.165, 1.54) is 26.0 Å². The summed E-state index contributed by atoms with van der Waals surface area (Å²) >= 11 is 5.53. The molecule has 25 heavy (non-hydrogen) atoms. The Balaban J connectivity index is 2.36. The Morgan fingerprint density at radius 1 is 1.32 bits per heavy atom. The molecule has 1 atom stereocenters. The normalized spacial score (nSPS) is 19.9. The van der Waals surface area contributed by atoms with E-state index >= 15 is 0 Å². The monoisotopic (exact) mass is 371 g/mol. The van der Waals surface area contributed by atoms with E-state index in [-0.39, 0.29) is 6.42 Å². The number of carbonyl (C=O) groups excluding carboxylic acids is 3. The zero-order chi connectivity index (χ0) is 18.8. The third-order valence-electron chi connectivity index (χ3n) is 3.44. The fourth-order valence-corrected chi connectivity index (χ4v) is 2.42. The second-order valence-corrected chi connectivity index (χ2v) is 6.13. The molecule has 1 aromatic rings. The SMILES string of the molecule is CC1(C)OC(=O)C(=CC(=O)C(Cc2ccc(F)cc2)(ON)C(=O)Cl)O1. The van der Waals surface area contributed by atoms with Crippen molar-refractivity contribution in [2.45, 2.75) is 31.7 Å². The molecule has 0 aliphatic carbocycles. The van der Waals surface area contributed by atoms with Crippen LogP contribution >= 0.6 is 11.6 Å². The minimum Gasteiger partial charge on any atom is -0.445 e. The number of rotatable bonds is 6. The van der Waals surface area contributed by atoms with Crippen molar-refractivity contribution in [2.24, 2.45) is 5.90 Å². The van der Waals surface area contributed by atoms with E-state index in [1.807, 2.05) is 0 Å². The molecular formula is C16H15ClFNO6. The lowest BCUT2D eigenvalue weighted by Crippen LogP contribution is -2.50. The number of ketones is 1. The van der Waals surface area contributed by atoms with E-state index in [2.05, 4.69) is 4.84 Å². The summed E-state index contributed by atoms with van der Waals surface area (Å²) in [4.78, 5) is 40.8. The molecule has 134 valence electrons. The standard InChI is InChI=1S/C16H15ClFNO6/c1-15(2)23-11(13(21)24-15)7-12(20)16(25-19,14(17)22)8-9-3-5-10(18)6-4-9/h3-7H,8,19H2,1-2H3. The number of carbonyl (C=O) groups is 3. The molecule has 1 unspecified atom stereocenters. The van der Waals surface area contributed by atoms with Gasteiger partial charge in [-0.1, -0.05) is 12.1 Å².